The molecule has 0 aromatic heterocycles. The van der Waals surface area contributed by atoms with E-state index in [1.54, 1.807) is 7.11 Å². The fourth-order valence-electron chi connectivity index (χ4n) is 2.15. The maximum absolute atomic E-state index is 11.9. The highest BCUT2D eigenvalue weighted by Crippen LogP contribution is 2.18. The van der Waals surface area contributed by atoms with Crippen LogP contribution in [0.15, 0.2) is 42.5 Å². The zero-order chi connectivity index (χ0) is 15.9. The van der Waals surface area contributed by atoms with Crippen molar-refractivity contribution in [1.29, 1.82) is 0 Å². The van der Waals surface area contributed by atoms with Crippen molar-refractivity contribution < 1.29 is 9.53 Å². The average Bonchev–Trinajstić information content (AvgIpc) is 2.50. The Morgan fingerprint density at radius 3 is 2.73 bits per heavy atom. The van der Waals surface area contributed by atoms with Crippen molar-refractivity contribution >= 4 is 34.3 Å². The van der Waals surface area contributed by atoms with E-state index in [9.17, 15) is 4.79 Å². The molecule has 2 aromatic carbocycles. The molecule has 0 aliphatic heterocycles. The number of aryl methyl sites for hydroxylation is 1. The number of nitrogens with one attached hydrogen (secondary N) is 2. The highest BCUT2D eigenvalue weighted by molar-refractivity contribution is 14.1. The van der Waals surface area contributed by atoms with Gasteiger partial charge in [-0.05, 0) is 71.3 Å². The molecule has 0 fully saturated rings. The molecule has 0 aliphatic carbocycles. The van der Waals surface area contributed by atoms with Gasteiger partial charge in [0, 0.05) is 15.8 Å². The largest absolute Gasteiger partial charge is 0.496 e. The van der Waals surface area contributed by atoms with Gasteiger partial charge in [-0.2, -0.15) is 0 Å². The summed E-state index contributed by atoms with van der Waals surface area (Å²) in [6.45, 7) is 2.53. The Balaban J connectivity index is 1.85. The molecule has 4 nitrogen and oxygen atoms in total. The Kier molecular flexibility index (Phi) is 6.06. The standard InChI is InChI=1S/C17H19IN2O2/c1-12-11-14(18)7-8-15(12)20-17(21)19-10-9-13-5-3-4-6-16(13)22-2/h3-8,11H,9-10H2,1-2H3,(H2,19,20,21). The number of urea groups is 1. The molecule has 2 aromatic rings. The lowest BCUT2D eigenvalue weighted by molar-refractivity contribution is 0.252. The molecule has 116 valence electrons. The zero-order valence-electron chi connectivity index (χ0n) is 12.7. The van der Waals surface area contributed by atoms with Crippen LogP contribution in [0.25, 0.3) is 0 Å². The molecule has 0 radical (unpaired) electrons. The number of carbonyl (C=O) groups excluding carboxylic acids is 1. The van der Waals surface area contributed by atoms with Gasteiger partial charge in [-0.25, -0.2) is 4.79 Å². The number of rotatable bonds is 5. The van der Waals surface area contributed by atoms with Crippen LogP contribution < -0.4 is 15.4 Å². The summed E-state index contributed by atoms with van der Waals surface area (Å²) < 4.78 is 6.45. The van der Waals surface area contributed by atoms with Crippen LogP contribution >= 0.6 is 22.6 Å². The number of amides is 2. The second-order valence-electron chi connectivity index (χ2n) is 4.90. The third-order valence-electron chi connectivity index (χ3n) is 3.31. The van der Waals surface area contributed by atoms with E-state index in [0.717, 1.165) is 32.6 Å². The van der Waals surface area contributed by atoms with E-state index in [1.165, 1.54) is 0 Å². The molecule has 0 bridgehead atoms. The zero-order valence-corrected chi connectivity index (χ0v) is 14.8. The summed E-state index contributed by atoms with van der Waals surface area (Å²) in [6, 6.07) is 13.5. The topological polar surface area (TPSA) is 50.4 Å². The molecule has 0 aliphatic rings. The molecule has 0 saturated carbocycles. The highest BCUT2D eigenvalue weighted by Gasteiger charge is 2.06. The molecule has 0 unspecified atom stereocenters. The summed E-state index contributed by atoms with van der Waals surface area (Å²) in [4.78, 5) is 11.9. The van der Waals surface area contributed by atoms with Crippen LogP contribution in [0.4, 0.5) is 10.5 Å². The predicted octanol–water partition coefficient (Wildman–Crippen LogP) is 3.97. The van der Waals surface area contributed by atoms with Crippen LogP contribution in [-0.2, 0) is 6.42 Å². The van der Waals surface area contributed by atoms with Gasteiger partial charge in [-0.1, -0.05) is 18.2 Å². The van der Waals surface area contributed by atoms with Crippen molar-refractivity contribution in [2.75, 3.05) is 19.0 Å². The van der Waals surface area contributed by atoms with Gasteiger partial charge in [0.15, 0.2) is 0 Å². The van der Waals surface area contributed by atoms with Crippen molar-refractivity contribution in [3.63, 3.8) is 0 Å². The first-order valence-electron chi connectivity index (χ1n) is 7.03. The number of carbonyl (C=O) groups is 1. The van der Waals surface area contributed by atoms with Gasteiger partial charge in [0.2, 0.25) is 0 Å². The second-order valence-corrected chi connectivity index (χ2v) is 6.15. The lowest BCUT2D eigenvalue weighted by Gasteiger charge is -2.11. The van der Waals surface area contributed by atoms with Crippen LogP contribution in [0, 0.1) is 10.5 Å². The summed E-state index contributed by atoms with van der Waals surface area (Å²) >= 11 is 2.25. The maximum Gasteiger partial charge on any atom is 0.319 e. The number of anilines is 1. The second kappa shape index (κ2) is 8.03. The van der Waals surface area contributed by atoms with Gasteiger partial charge in [-0.15, -0.1) is 0 Å². The van der Waals surface area contributed by atoms with Gasteiger partial charge < -0.3 is 15.4 Å². The molecule has 2 rings (SSSR count). The summed E-state index contributed by atoms with van der Waals surface area (Å²) in [5.41, 5.74) is 2.96. The molecule has 0 heterocycles. The third kappa shape index (κ3) is 4.62. The van der Waals surface area contributed by atoms with E-state index in [1.807, 2.05) is 49.4 Å². The van der Waals surface area contributed by atoms with Crippen LogP contribution in [0.1, 0.15) is 11.1 Å². The lowest BCUT2D eigenvalue weighted by atomic mass is 10.1. The summed E-state index contributed by atoms with van der Waals surface area (Å²) in [7, 11) is 1.65. The van der Waals surface area contributed by atoms with Gasteiger partial charge >= 0.3 is 6.03 Å². The van der Waals surface area contributed by atoms with Crippen molar-refractivity contribution in [2.24, 2.45) is 0 Å². The van der Waals surface area contributed by atoms with E-state index < -0.39 is 0 Å². The minimum atomic E-state index is -0.195. The predicted molar refractivity (Wildman–Crippen MR) is 97.6 cm³/mol. The average molecular weight is 410 g/mol. The van der Waals surface area contributed by atoms with E-state index in [0.29, 0.717) is 6.54 Å². The number of ether oxygens (including phenoxy) is 1. The Morgan fingerprint density at radius 1 is 1.23 bits per heavy atom. The van der Waals surface area contributed by atoms with Crippen LogP contribution in [0.2, 0.25) is 0 Å². The number of halogens is 1. The molecular weight excluding hydrogens is 391 g/mol. The number of benzene rings is 2. The van der Waals surface area contributed by atoms with Crippen molar-refractivity contribution in [3.8, 4) is 5.75 Å². The molecule has 0 atom stereocenters. The first-order valence-corrected chi connectivity index (χ1v) is 8.11. The van der Waals surface area contributed by atoms with Gasteiger partial charge in [0.05, 0.1) is 7.11 Å². The lowest BCUT2D eigenvalue weighted by Crippen LogP contribution is -2.30. The molecule has 2 N–H and O–H groups in total. The highest BCUT2D eigenvalue weighted by atomic mass is 127. The SMILES string of the molecule is COc1ccccc1CCNC(=O)Nc1ccc(I)cc1C. The smallest absolute Gasteiger partial charge is 0.319 e. The summed E-state index contributed by atoms with van der Waals surface area (Å²) in [5, 5.41) is 5.73. The van der Waals surface area contributed by atoms with Crippen molar-refractivity contribution in [2.45, 2.75) is 13.3 Å². The van der Waals surface area contributed by atoms with Gasteiger partial charge in [-0.3, -0.25) is 0 Å². The first-order chi connectivity index (χ1) is 10.6. The fraction of sp³-hybridized carbons (Fsp3) is 0.235. The normalized spacial score (nSPS) is 10.1. The third-order valence-corrected chi connectivity index (χ3v) is 3.98. The molecule has 2 amide bonds. The minimum Gasteiger partial charge on any atom is -0.496 e. The molecule has 0 spiro atoms. The Morgan fingerprint density at radius 2 is 2.00 bits per heavy atom. The Bertz CT molecular complexity index is 659. The molecular formula is C17H19IN2O2. The van der Waals surface area contributed by atoms with Gasteiger partial charge in [0.1, 0.15) is 5.75 Å². The van der Waals surface area contributed by atoms with Gasteiger partial charge in [0.25, 0.3) is 0 Å². The number of para-hydroxylation sites is 1. The Hall–Kier alpha value is -1.76. The van der Waals surface area contributed by atoms with E-state index in [-0.39, 0.29) is 6.03 Å². The summed E-state index contributed by atoms with van der Waals surface area (Å²) in [5.74, 6) is 0.846. The number of hydrogen-bond acceptors (Lipinski definition) is 2. The summed E-state index contributed by atoms with van der Waals surface area (Å²) in [6.07, 6.45) is 0.725. The fourth-order valence-corrected chi connectivity index (χ4v) is 2.80. The molecule has 22 heavy (non-hydrogen) atoms. The van der Waals surface area contributed by atoms with Crippen LogP contribution in [0.5, 0.6) is 5.75 Å². The first kappa shape index (κ1) is 16.6. The van der Waals surface area contributed by atoms with Crippen LogP contribution in [-0.4, -0.2) is 19.7 Å². The number of hydrogen-bond donors (Lipinski definition) is 2. The number of methoxy groups -OCH3 is 1. The quantitative estimate of drug-likeness (QED) is 0.733. The molecule has 0 saturated heterocycles. The van der Waals surface area contributed by atoms with Crippen molar-refractivity contribution in [3.05, 3.63) is 57.2 Å². The van der Waals surface area contributed by atoms with E-state index >= 15 is 0 Å². The van der Waals surface area contributed by atoms with Crippen LogP contribution in [0.3, 0.4) is 0 Å². The maximum atomic E-state index is 11.9. The minimum absolute atomic E-state index is 0.195. The van der Waals surface area contributed by atoms with E-state index in [4.69, 9.17) is 4.74 Å². The van der Waals surface area contributed by atoms with E-state index in [2.05, 4.69) is 33.2 Å². The Labute approximate surface area is 144 Å². The molecule has 5 heteroatoms. The monoisotopic (exact) mass is 410 g/mol. The van der Waals surface area contributed by atoms with Crippen molar-refractivity contribution in [1.82, 2.24) is 5.32 Å².